The van der Waals surface area contributed by atoms with Crippen LogP contribution in [0.2, 0.25) is 0 Å². The molecule has 2 N–H and O–H groups in total. The minimum absolute atomic E-state index is 0.0151. The Morgan fingerprint density at radius 1 is 1.00 bits per heavy atom. The summed E-state index contributed by atoms with van der Waals surface area (Å²) in [6, 6.07) is 0. The molecule has 0 heterocycles. The first-order chi connectivity index (χ1) is 7.54. The zero-order valence-corrected chi connectivity index (χ0v) is 12.3. The van der Waals surface area contributed by atoms with E-state index in [0.29, 0.717) is 6.42 Å². The lowest BCUT2D eigenvalue weighted by molar-refractivity contribution is -0.120. The van der Waals surface area contributed by atoms with Gasteiger partial charge in [-0.05, 0) is 42.3 Å². The minimum atomic E-state index is -4.40. The van der Waals surface area contributed by atoms with Crippen molar-refractivity contribution in [2.24, 2.45) is 0 Å². The molecule has 7 nitrogen and oxygen atoms in total. The molecule has 0 atom stereocenters. The van der Waals surface area contributed by atoms with Gasteiger partial charge >= 0.3 is 7.82 Å². The predicted molar refractivity (Wildman–Crippen MR) is 66.4 cm³/mol. The quantitative estimate of drug-likeness (QED) is 0.490. The molecule has 0 aliphatic carbocycles. The van der Waals surface area contributed by atoms with Gasteiger partial charge in [-0.3, -0.25) is 19.2 Å². The Morgan fingerprint density at radius 3 is 1.59 bits per heavy atom. The molecule has 0 saturated carbocycles. The van der Waals surface area contributed by atoms with Gasteiger partial charge in [0.1, 0.15) is 5.79 Å². The SMILES string of the molecule is CN(C)C(CCOP(=O)(O)O)(N(C)C)N(C)C. The maximum Gasteiger partial charge on any atom is 0.469 e. The van der Waals surface area contributed by atoms with Crippen LogP contribution in [0.4, 0.5) is 0 Å². The Kier molecular flexibility index (Phi) is 6.24. The maximum absolute atomic E-state index is 10.7. The Morgan fingerprint density at radius 2 is 1.35 bits per heavy atom. The molecule has 0 saturated heterocycles. The number of phosphoric ester groups is 1. The normalized spacial score (nSPS) is 14.1. The van der Waals surface area contributed by atoms with Crippen molar-refractivity contribution in [1.29, 1.82) is 0 Å². The van der Waals surface area contributed by atoms with Crippen molar-refractivity contribution in [3.05, 3.63) is 0 Å². The van der Waals surface area contributed by atoms with Gasteiger partial charge in [0.25, 0.3) is 0 Å². The van der Waals surface area contributed by atoms with Gasteiger partial charge in [0.05, 0.1) is 6.61 Å². The second-order valence-electron chi connectivity index (χ2n) is 4.53. The third kappa shape index (κ3) is 4.63. The van der Waals surface area contributed by atoms with E-state index in [0.717, 1.165) is 0 Å². The van der Waals surface area contributed by atoms with Crippen LogP contribution in [0.1, 0.15) is 6.42 Å². The lowest BCUT2D eigenvalue weighted by Crippen LogP contribution is -2.64. The zero-order valence-electron chi connectivity index (χ0n) is 11.4. The smallest absolute Gasteiger partial charge is 0.303 e. The largest absolute Gasteiger partial charge is 0.469 e. The molecule has 0 aromatic carbocycles. The van der Waals surface area contributed by atoms with Crippen LogP contribution < -0.4 is 0 Å². The number of phosphoric acid groups is 1. The lowest BCUT2D eigenvalue weighted by atomic mass is 10.1. The first-order valence-electron chi connectivity index (χ1n) is 5.26. The molecule has 0 aliphatic rings. The fraction of sp³-hybridized carbons (Fsp3) is 1.00. The number of hydrogen-bond donors (Lipinski definition) is 2. The molecule has 0 spiro atoms. The molecular formula is C9H24N3O4P. The van der Waals surface area contributed by atoms with Crippen LogP contribution >= 0.6 is 7.82 Å². The van der Waals surface area contributed by atoms with Gasteiger partial charge < -0.3 is 9.79 Å². The van der Waals surface area contributed by atoms with Crippen molar-refractivity contribution < 1.29 is 18.9 Å². The molecule has 0 unspecified atom stereocenters. The zero-order chi connectivity index (χ0) is 13.9. The standard InChI is InChI=1S/C9H24N3O4P/c1-10(2)9(11(3)4,12(5)6)7-8-16-17(13,14)15/h7-8H2,1-6H3,(H2,13,14,15). The molecule has 0 amide bonds. The van der Waals surface area contributed by atoms with Gasteiger partial charge in [0.2, 0.25) is 0 Å². The summed E-state index contributed by atoms with van der Waals surface area (Å²) < 4.78 is 15.2. The average molecular weight is 269 g/mol. The average Bonchev–Trinajstić information content (AvgIpc) is 2.08. The van der Waals surface area contributed by atoms with Crippen LogP contribution in [-0.4, -0.2) is 79.2 Å². The molecule has 104 valence electrons. The molecule has 0 aliphatic heterocycles. The van der Waals surface area contributed by atoms with Crippen LogP contribution in [0.25, 0.3) is 0 Å². The summed E-state index contributed by atoms with van der Waals surface area (Å²) >= 11 is 0. The van der Waals surface area contributed by atoms with Gasteiger partial charge in [-0.15, -0.1) is 0 Å². The highest BCUT2D eigenvalue weighted by Crippen LogP contribution is 2.37. The molecule has 0 aromatic rings. The van der Waals surface area contributed by atoms with Gasteiger partial charge in [-0.1, -0.05) is 0 Å². The van der Waals surface area contributed by atoms with Crippen LogP contribution in [0, 0.1) is 0 Å². The van der Waals surface area contributed by atoms with Crippen LogP contribution in [0.5, 0.6) is 0 Å². The van der Waals surface area contributed by atoms with E-state index in [1.54, 1.807) is 0 Å². The monoisotopic (exact) mass is 269 g/mol. The predicted octanol–water partition coefficient (Wildman–Crippen LogP) is -0.176. The number of nitrogens with zero attached hydrogens (tertiary/aromatic N) is 3. The minimum Gasteiger partial charge on any atom is -0.303 e. The van der Waals surface area contributed by atoms with Crippen molar-refractivity contribution in [3.63, 3.8) is 0 Å². The van der Waals surface area contributed by atoms with Crippen molar-refractivity contribution >= 4 is 7.82 Å². The lowest BCUT2D eigenvalue weighted by Gasteiger charge is -2.49. The summed E-state index contributed by atoms with van der Waals surface area (Å²) in [5.41, 5.74) is 0. The molecular weight excluding hydrogens is 245 g/mol. The van der Waals surface area contributed by atoms with E-state index in [9.17, 15) is 4.57 Å². The van der Waals surface area contributed by atoms with Crippen molar-refractivity contribution in [2.45, 2.75) is 12.2 Å². The fourth-order valence-corrected chi connectivity index (χ4v) is 2.50. The fourth-order valence-electron chi connectivity index (χ4n) is 2.17. The highest BCUT2D eigenvalue weighted by Gasteiger charge is 2.37. The second kappa shape index (κ2) is 6.24. The summed E-state index contributed by atoms with van der Waals surface area (Å²) in [6.45, 7) is -0.0151. The van der Waals surface area contributed by atoms with E-state index in [4.69, 9.17) is 9.79 Å². The Labute approximate surface area is 103 Å². The van der Waals surface area contributed by atoms with Crippen LogP contribution in [-0.2, 0) is 9.09 Å². The summed E-state index contributed by atoms with van der Waals surface area (Å²) in [7, 11) is 7.09. The molecule has 0 radical (unpaired) electrons. The summed E-state index contributed by atoms with van der Waals surface area (Å²) in [4.78, 5) is 23.3. The number of hydrogen-bond acceptors (Lipinski definition) is 5. The summed E-state index contributed by atoms with van der Waals surface area (Å²) in [6.07, 6.45) is 0.450. The van der Waals surface area contributed by atoms with Crippen molar-refractivity contribution in [1.82, 2.24) is 14.7 Å². The van der Waals surface area contributed by atoms with Gasteiger partial charge in [-0.25, -0.2) is 4.57 Å². The van der Waals surface area contributed by atoms with E-state index in [1.807, 2.05) is 57.0 Å². The highest BCUT2D eigenvalue weighted by molar-refractivity contribution is 7.46. The van der Waals surface area contributed by atoms with E-state index >= 15 is 0 Å². The molecule has 0 bridgehead atoms. The van der Waals surface area contributed by atoms with Gasteiger partial charge in [-0.2, -0.15) is 0 Å². The van der Waals surface area contributed by atoms with E-state index in [2.05, 4.69) is 4.52 Å². The Balaban J connectivity index is 4.77. The summed E-state index contributed by atoms with van der Waals surface area (Å²) in [5, 5.41) is 0. The third-order valence-corrected chi connectivity index (χ3v) is 3.36. The Hall–Kier alpha value is -0.0100. The van der Waals surface area contributed by atoms with E-state index < -0.39 is 13.6 Å². The van der Waals surface area contributed by atoms with Crippen LogP contribution in [0.3, 0.4) is 0 Å². The molecule has 0 fully saturated rings. The van der Waals surface area contributed by atoms with Gasteiger partial charge in [0.15, 0.2) is 0 Å². The summed E-state index contributed by atoms with van der Waals surface area (Å²) in [5.74, 6) is -0.449. The Bertz CT molecular complexity index is 256. The third-order valence-electron chi connectivity index (χ3n) is 2.85. The van der Waals surface area contributed by atoms with Crippen molar-refractivity contribution in [3.8, 4) is 0 Å². The number of rotatable bonds is 7. The molecule has 0 rings (SSSR count). The molecule has 8 heteroatoms. The van der Waals surface area contributed by atoms with Crippen LogP contribution in [0.15, 0.2) is 0 Å². The van der Waals surface area contributed by atoms with E-state index in [-0.39, 0.29) is 6.61 Å². The second-order valence-corrected chi connectivity index (χ2v) is 5.77. The maximum atomic E-state index is 10.7. The topological polar surface area (TPSA) is 76.5 Å². The first kappa shape index (κ1) is 17.0. The molecule has 0 aromatic heterocycles. The van der Waals surface area contributed by atoms with Crippen molar-refractivity contribution in [2.75, 3.05) is 48.9 Å². The van der Waals surface area contributed by atoms with Gasteiger partial charge in [0, 0.05) is 6.42 Å². The van der Waals surface area contributed by atoms with E-state index in [1.165, 1.54) is 0 Å². The first-order valence-corrected chi connectivity index (χ1v) is 6.79. The highest BCUT2D eigenvalue weighted by atomic mass is 31.2. The molecule has 17 heavy (non-hydrogen) atoms.